The van der Waals surface area contributed by atoms with Gasteiger partial charge in [-0.2, -0.15) is 0 Å². The molecule has 0 saturated carbocycles. The fraction of sp³-hybridized carbons (Fsp3) is 0.632. The summed E-state index contributed by atoms with van der Waals surface area (Å²) in [5, 5.41) is 20.9. The Hall–Kier alpha value is -1.43. The molecule has 0 aromatic heterocycles. The lowest BCUT2D eigenvalue weighted by atomic mass is 9.75. The summed E-state index contributed by atoms with van der Waals surface area (Å²) in [5.74, 6) is -0.640. The fourth-order valence-electron chi connectivity index (χ4n) is 2.60. The van der Waals surface area contributed by atoms with Crippen LogP contribution in [0.25, 0.3) is 0 Å². The maximum absolute atomic E-state index is 11.5. The monoisotopic (exact) mass is 338 g/mol. The first-order valence-corrected chi connectivity index (χ1v) is 8.42. The normalized spacial score (nSPS) is 15.6. The van der Waals surface area contributed by atoms with Gasteiger partial charge < -0.3 is 19.7 Å². The van der Waals surface area contributed by atoms with Crippen molar-refractivity contribution in [3.63, 3.8) is 0 Å². The number of aliphatic hydroxyl groups excluding tert-OH is 2. The molecule has 1 aromatic carbocycles. The van der Waals surface area contributed by atoms with Crippen LogP contribution in [0.5, 0.6) is 0 Å². The summed E-state index contributed by atoms with van der Waals surface area (Å²) < 4.78 is 10.5. The summed E-state index contributed by atoms with van der Waals surface area (Å²) in [6.45, 7) is 8.20. The van der Waals surface area contributed by atoms with Crippen LogP contribution in [0.15, 0.2) is 30.3 Å². The molecule has 3 atom stereocenters. The van der Waals surface area contributed by atoms with Crippen molar-refractivity contribution < 1.29 is 24.5 Å². The molecule has 0 aliphatic heterocycles. The molecule has 0 aliphatic carbocycles. The zero-order chi connectivity index (χ0) is 18.2. The van der Waals surface area contributed by atoms with Gasteiger partial charge in [0.05, 0.1) is 38.4 Å². The van der Waals surface area contributed by atoms with Gasteiger partial charge in [0.25, 0.3) is 0 Å². The van der Waals surface area contributed by atoms with Gasteiger partial charge in [-0.05, 0) is 12.5 Å². The van der Waals surface area contributed by atoms with Gasteiger partial charge in [-0.25, -0.2) is 0 Å². The highest BCUT2D eigenvalue weighted by Crippen LogP contribution is 2.32. The van der Waals surface area contributed by atoms with Crippen molar-refractivity contribution >= 4 is 5.97 Å². The van der Waals surface area contributed by atoms with Crippen molar-refractivity contribution in [2.75, 3.05) is 13.2 Å². The lowest BCUT2D eigenvalue weighted by Gasteiger charge is -2.38. The first-order chi connectivity index (χ1) is 11.3. The van der Waals surface area contributed by atoms with Crippen molar-refractivity contribution in [3.8, 4) is 0 Å². The minimum atomic E-state index is -0.983. The Kier molecular flexibility index (Phi) is 8.39. The Bertz CT molecular complexity index is 486. The molecule has 0 amide bonds. The molecule has 1 aromatic rings. The van der Waals surface area contributed by atoms with Crippen molar-refractivity contribution in [1.82, 2.24) is 0 Å². The van der Waals surface area contributed by atoms with E-state index in [9.17, 15) is 15.0 Å². The largest absolute Gasteiger partial charge is 0.466 e. The van der Waals surface area contributed by atoms with Crippen molar-refractivity contribution in [1.29, 1.82) is 0 Å². The van der Waals surface area contributed by atoms with Crippen LogP contribution < -0.4 is 0 Å². The van der Waals surface area contributed by atoms with E-state index < -0.39 is 23.6 Å². The SMILES string of the molecule is CCOC(=O)C[C@H](O)C(C)(C)[C@H](O)[C@H](C)COCc1ccccc1. The van der Waals surface area contributed by atoms with Gasteiger partial charge in [-0.1, -0.05) is 51.1 Å². The molecule has 0 aliphatic rings. The Labute approximate surface area is 144 Å². The predicted octanol–water partition coefficient (Wildman–Crippen LogP) is 2.54. The molecule has 5 nitrogen and oxygen atoms in total. The van der Waals surface area contributed by atoms with Gasteiger partial charge >= 0.3 is 5.97 Å². The summed E-state index contributed by atoms with van der Waals surface area (Å²) in [4.78, 5) is 11.5. The minimum Gasteiger partial charge on any atom is -0.466 e. The first-order valence-electron chi connectivity index (χ1n) is 8.42. The number of carbonyl (C=O) groups excluding carboxylic acids is 1. The number of ether oxygens (including phenoxy) is 2. The molecule has 0 fully saturated rings. The van der Waals surface area contributed by atoms with Gasteiger partial charge in [-0.3, -0.25) is 4.79 Å². The van der Waals surface area contributed by atoms with Crippen LogP contribution in [0.4, 0.5) is 0 Å². The highest BCUT2D eigenvalue weighted by Gasteiger charge is 2.39. The second kappa shape index (κ2) is 9.77. The second-order valence-corrected chi connectivity index (χ2v) is 6.77. The molecule has 0 heterocycles. The summed E-state index contributed by atoms with van der Waals surface area (Å²) in [7, 11) is 0. The van der Waals surface area contributed by atoms with Crippen LogP contribution in [-0.2, 0) is 20.9 Å². The zero-order valence-electron chi connectivity index (χ0n) is 15.1. The van der Waals surface area contributed by atoms with E-state index in [0.29, 0.717) is 13.2 Å². The minimum absolute atomic E-state index is 0.129. The van der Waals surface area contributed by atoms with E-state index in [0.717, 1.165) is 5.56 Å². The van der Waals surface area contributed by atoms with Gasteiger partial charge in [0, 0.05) is 11.3 Å². The second-order valence-electron chi connectivity index (χ2n) is 6.77. The Morgan fingerprint density at radius 3 is 2.42 bits per heavy atom. The number of esters is 1. The highest BCUT2D eigenvalue weighted by molar-refractivity contribution is 5.70. The van der Waals surface area contributed by atoms with E-state index in [1.165, 1.54) is 0 Å². The zero-order valence-corrected chi connectivity index (χ0v) is 15.1. The topological polar surface area (TPSA) is 76.0 Å². The summed E-state index contributed by atoms with van der Waals surface area (Å²) in [6.07, 6.45) is -1.92. The fourth-order valence-corrected chi connectivity index (χ4v) is 2.60. The van der Waals surface area contributed by atoms with Gasteiger partial charge in [-0.15, -0.1) is 0 Å². The molecule has 0 radical (unpaired) electrons. The number of benzene rings is 1. The van der Waals surface area contributed by atoms with Gasteiger partial charge in [0.1, 0.15) is 0 Å². The Morgan fingerprint density at radius 1 is 1.21 bits per heavy atom. The van der Waals surface area contributed by atoms with Gasteiger partial charge in [0.15, 0.2) is 0 Å². The first kappa shape index (κ1) is 20.6. The van der Waals surface area contributed by atoms with E-state index in [2.05, 4.69) is 0 Å². The molecule has 136 valence electrons. The summed E-state index contributed by atoms with van der Waals surface area (Å²) >= 11 is 0. The average Bonchev–Trinajstić information content (AvgIpc) is 2.55. The number of hydrogen-bond donors (Lipinski definition) is 2. The molecular formula is C19H30O5. The maximum Gasteiger partial charge on any atom is 0.308 e. The Morgan fingerprint density at radius 2 is 1.83 bits per heavy atom. The average molecular weight is 338 g/mol. The third-order valence-electron chi connectivity index (χ3n) is 4.32. The van der Waals surface area contributed by atoms with E-state index in [1.807, 2.05) is 37.3 Å². The molecule has 1 rings (SSSR count). The molecule has 2 N–H and O–H groups in total. The molecule has 5 heteroatoms. The summed E-state index contributed by atoms with van der Waals surface area (Å²) in [6, 6.07) is 9.81. The van der Waals surface area contributed by atoms with Crippen molar-refractivity contribution in [2.24, 2.45) is 11.3 Å². The molecule has 0 saturated heterocycles. The summed E-state index contributed by atoms with van der Waals surface area (Å²) in [5.41, 5.74) is 0.225. The van der Waals surface area contributed by atoms with Crippen molar-refractivity contribution in [2.45, 2.75) is 52.9 Å². The van der Waals surface area contributed by atoms with Crippen LogP contribution in [0.1, 0.15) is 39.7 Å². The van der Waals surface area contributed by atoms with Crippen LogP contribution in [-0.4, -0.2) is 41.6 Å². The lowest BCUT2D eigenvalue weighted by Crippen LogP contribution is -2.45. The smallest absolute Gasteiger partial charge is 0.308 e. The quantitative estimate of drug-likeness (QED) is 0.641. The number of hydrogen-bond acceptors (Lipinski definition) is 5. The molecule has 24 heavy (non-hydrogen) atoms. The molecule has 0 bridgehead atoms. The van der Waals surface area contributed by atoms with E-state index in [4.69, 9.17) is 9.47 Å². The molecular weight excluding hydrogens is 308 g/mol. The molecule has 0 spiro atoms. The van der Waals surface area contributed by atoms with Crippen LogP contribution in [0, 0.1) is 11.3 Å². The number of carbonyl (C=O) groups is 1. The van der Waals surface area contributed by atoms with Gasteiger partial charge in [0.2, 0.25) is 0 Å². The predicted molar refractivity (Wildman–Crippen MR) is 92.3 cm³/mol. The standard InChI is InChI=1S/C19H30O5/c1-5-24-17(21)11-16(20)19(3,4)18(22)14(2)12-23-13-15-9-7-6-8-10-15/h6-10,14,16,18,20,22H,5,11-13H2,1-4H3/t14-,16+,18-/m1/s1. The number of rotatable bonds is 10. The third kappa shape index (κ3) is 6.23. The third-order valence-corrected chi connectivity index (χ3v) is 4.32. The lowest BCUT2D eigenvalue weighted by molar-refractivity contribution is -0.150. The Balaban J connectivity index is 2.49. The van der Waals surface area contributed by atoms with Crippen LogP contribution in [0.3, 0.4) is 0 Å². The maximum atomic E-state index is 11.5. The van der Waals surface area contributed by atoms with E-state index in [1.54, 1.807) is 20.8 Å². The van der Waals surface area contributed by atoms with E-state index in [-0.39, 0.29) is 18.9 Å². The highest BCUT2D eigenvalue weighted by atomic mass is 16.5. The molecule has 0 unspecified atom stereocenters. The van der Waals surface area contributed by atoms with Crippen molar-refractivity contribution in [3.05, 3.63) is 35.9 Å². The van der Waals surface area contributed by atoms with Crippen LogP contribution >= 0.6 is 0 Å². The van der Waals surface area contributed by atoms with E-state index >= 15 is 0 Å². The van der Waals surface area contributed by atoms with Crippen LogP contribution in [0.2, 0.25) is 0 Å². The number of aliphatic hydroxyl groups is 2.